The number of piperidine rings is 1. The number of carbonyl (C=O) groups is 5. The van der Waals surface area contributed by atoms with Crippen LogP contribution in [0.2, 0.25) is 0 Å². The summed E-state index contributed by atoms with van der Waals surface area (Å²) in [6.45, 7) is -0.388. The fourth-order valence-corrected chi connectivity index (χ4v) is 6.24. The third kappa shape index (κ3) is 4.92. The van der Waals surface area contributed by atoms with Crippen LogP contribution in [0.4, 0.5) is 4.39 Å². The van der Waals surface area contributed by atoms with E-state index in [1.54, 1.807) is 35.3 Å². The van der Waals surface area contributed by atoms with E-state index in [0.717, 1.165) is 6.29 Å². The normalized spacial score (nSPS) is 18.9. The van der Waals surface area contributed by atoms with Crippen LogP contribution >= 0.6 is 0 Å². The van der Waals surface area contributed by atoms with Crippen molar-refractivity contribution in [3.63, 3.8) is 0 Å². The Hall–Kier alpha value is -4.98. The van der Waals surface area contributed by atoms with E-state index in [4.69, 9.17) is 10.2 Å². The minimum absolute atomic E-state index is 0.0616. The van der Waals surface area contributed by atoms with Crippen molar-refractivity contribution < 1.29 is 33.5 Å². The molecule has 1 saturated heterocycles. The van der Waals surface area contributed by atoms with Gasteiger partial charge in [0.1, 0.15) is 43.8 Å². The molecule has 4 bridgehead atoms. The van der Waals surface area contributed by atoms with Crippen LogP contribution in [0.1, 0.15) is 37.3 Å². The average molecular weight is 591 g/mol. The predicted octanol–water partition coefficient (Wildman–Crippen LogP) is 1.34. The van der Waals surface area contributed by atoms with Crippen molar-refractivity contribution in [3.05, 3.63) is 48.0 Å². The number of nitrogens with zero attached hydrogens (tertiary/aromatic N) is 5. The Kier molecular flexibility index (Phi) is 7.22. The lowest BCUT2D eigenvalue weighted by Crippen LogP contribution is -2.65. The van der Waals surface area contributed by atoms with Gasteiger partial charge < -0.3 is 20.5 Å². The number of amides is 3. The molecule has 3 aliphatic heterocycles. The number of carboxylic acid groups (broad SMARTS) is 1. The molecule has 7 rings (SSSR count). The van der Waals surface area contributed by atoms with Crippen LogP contribution in [0.5, 0.6) is 0 Å². The zero-order valence-corrected chi connectivity index (χ0v) is 23.1. The minimum Gasteiger partial charge on any atom is -0.480 e. The van der Waals surface area contributed by atoms with Crippen molar-refractivity contribution in [2.75, 3.05) is 26.2 Å². The van der Waals surface area contributed by atoms with E-state index in [1.807, 2.05) is 0 Å². The zero-order valence-electron chi connectivity index (χ0n) is 23.1. The summed E-state index contributed by atoms with van der Waals surface area (Å²) >= 11 is 0. The molecular weight excluding hydrogens is 561 g/mol. The number of aromatic nitrogens is 4. The van der Waals surface area contributed by atoms with Gasteiger partial charge in [0, 0.05) is 41.5 Å². The van der Waals surface area contributed by atoms with Crippen molar-refractivity contribution in [1.29, 1.82) is 0 Å². The molecule has 0 radical (unpaired) electrons. The molecule has 13 nitrogen and oxygen atoms in total. The molecule has 1 fully saturated rings. The number of fused-ring (bicyclic) bond motifs is 2. The number of carbonyl (C=O) groups excluding carboxylic acids is 4. The van der Waals surface area contributed by atoms with E-state index in [1.165, 1.54) is 10.7 Å². The summed E-state index contributed by atoms with van der Waals surface area (Å²) in [5.74, 6) is -3.07. The van der Waals surface area contributed by atoms with Crippen molar-refractivity contribution in [2.24, 2.45) is 0 Å². The Bertz CT molecular complexity index is 1800. The van der Waals surface area contributed by atoms with Crippen LogP contribution in [0.3, 0.4) is 0 Å². The summed E-state index contributed by atoms with van der Waals surface area (Å²) in [5, 5.41) is 24.0. The first-order valence-electron chi connectivity index (χ1n) is 14.0. The summed E-state index contributed by atoms with van der Waals surface area (Å²) in [4.78, 5) is 61.8. The number of quaternary nitrogens is 1. The summed E-state index contributed by atoms with van der Waals surface area (Å²) < 4.78 is 17.1. The molecule has 14 heteroatoms. The maximum Gasteiger partial charge on any atom is 0.340 e. The van der Waals surface area contributed by atoms with Crippen molar-refractivity contribution in [3.8, 4) is 11.1 Å². The van der Waals surface area contributed by atoms with Gasteiger partial charge in [-0.25, -0.2) is 9.18 Å². The Labute approximate surface area is 243 Å². The second-order valence-electron chi connectivity index (χ2n) is 10.9. The largest absolute Gasteiger partial charge is 0.480 e. The van der Waals surface area contributed by atoms with Crippen LogP contribution in [0.25, 0.3) is 32.9 Å². The Balaban J connectivity index is 1.43. The Morgan fingerprint density at radius 1 is 1.05 bits per heavy atom. The standard InChI is InChI=1S/C29H28FN7O6/c30-21-11-18-13-33-36-23(18)12-20(21)19-3-1-4-22-28(19)29(17-6-8-37(36,9-7-17)26(41)5-2-10-38)34-35(22)16-25(40)31-14-24(39)32-15-27(42)43/h1,3-4,10-13,17H,2,5-9,14-16H2,(H2-,31,32,39,40,42,43)/p+1. The van der Waals surface area contributed by atoms with Crippen LogP contribution in [0, 0.1) is 5.82 Å². The Morgan fingerprint density at radius 2 is 1.81 bits per heavy atom. The first-order valence-corrected chi connectivity index (χ1v) is 14.0. The highest BCUT2D eigenvalue weighted by molar-refractivity contribution is 6.00. The van der Waals surface area contributed by atoms with E-state index in [-0.39, 0.29) is 35.8 Å². The molecule has 2 aromatic carbocycles. The quantitative estimate of drug-likeness (QED) is 0.194. The third-order valence-electron chi connectivity index (χ3n) is 8.29. The van der Waals surface area contributed by atoms with Gasteiger partial charge >= 0.3 is 11.9 Å². The summed E-state index contributed by atoms with van der Waals surface area (Å²) in [5.41, 5.74) is 2.80. The van der Waals surface area contributed by atoms with Gasteiger partial charge in [-0.2, -0.15) is 5.10 Å². The summed E-state index contributed by atoms with van der Waals surface area (Å²) in [6.07, 6.45) is 3.56. The maximum absolute atomic E-state index is 15.7. The van der Waals surface area contributed by atoms with E-state index in [0.29, 0.717) is 64.6 Å². The number of aliphatic carboxylic acids is 1. The average Bonchev–Trinajstić information content (AvgIpc) is 3.58. The van der Waals surface area contributed by atoms with Gasteiger partial charge in [-0.3, -0.25) is 19.1 Å². The van der Waals surface area contributed by atoms with E-state index in [9.17, 15) is 24.0 Å². The predicted molar refractivity (Wildman–Crippen MR) is 152 cm³/mol. The molecule has 43 heavy (non-hydrogen) atoms. The SMILES string of the molecule is O=CCCC(=O)[N+]12CCC(CC1)c1nn(CC(=O)NCC(=O)NCC(=O)O)c3cccc(c13)-c1cc3c(cnn32)cc1F. The van der Waals surface area contributed by atoms with E-state index in [2.05, 4.69) is 15.7 Å². The smallest absolute Gasteiger partial charge is 0.340 e. The molecule has 0 spiro atoms. The molecule has 3 aliphatic rings. The van der Waals surface area contributed by atoms with Gasteiger partial charge in [-0.1, -0.05) is 16.9 Å². The van der Waals surface area contributed by atoms with Crippen LogP contribution in [0.15, 0.2) is 36.5 Å². The highest BCUT2D eigenvalue weighted by atomic mass is 19.1. The molecule has 4 aromatic rings. The fraction of sp³-hybridized carbons (Fsp3) is 0.345. The minimum atomic E-state index is -1.20. The number of carboxylic acids is 1. The van der Waals surface area contributed by atoms with Crippen molar-refractivity contribution in [1.82, 2.24) is 34.9 Å². The molecular formula is C29H29FN7O6+. The maximum atomic E-state index is 15.7. The van der Waals surface area contributed by atoms with Gasteiger partial charge in [0.2, 0.25) is 11.8 Å². The molecule has 0 unspecified atom stereocenters. The second-order valence-corrected chi connectivity index (χ2v) is 10.9. The molecule has 0 saturated carbocycles. The van der Waals surface area contributed by atoms with E-state index >= 15 is 4.39 Å². The lowest BCUT2D eigenvalue weighted by atomic mass is 9.88. The van der Waals surface area contributed by atoms with Gasteiger partial charge in [0.15, 0.2) is 0 Å². The second kappa shape index (κ2) is 11.0. The molecule has 3 amide bonds. The van der Waals surface area contributed by atoms with Crippen molar-refractivity contribution in [2.45, 2.75) is 38.1 Å². The highest BCUT2D eigenvalue weighted by Crippen LogP contribution is 2.42. The van der Waals surface area contributed by atoms with Gasteiger partial charge in [0.25, 0.3) is 0 Å². The number of aldehydes is 1. The van der Waals surface area contributed by atoms with Gasteiger partial charge in [-0.05, 0) is 23.8 Å². The number of nitrogens with one attached hydrogen (secondary N) is 2. The Morgan fingerprint density at radius 3 is 2.56 bits per heavy atom. The third-order valence-corrected chi connectivity index (χ3v) is 8.29. The van der Waals surface area contributed by atoms with Crippen LogP contribution < -0.4 is 15.2 Å². The fourth-order valence-electron chi connectivity index (χ4n) is 6.24. The zero-order chi connectivity index (χ0) is 30.3. The summed E-state index contributed by atoms with van der Waals surface area (Å²) in [6, 6.07) is 8.46. The molecule has 5 heterocycles. The first-order chi connectivity index (χ1) is 20.7. The first kappa shape index (κ1) is 28.2. The topological polar surface area (TPSA) is 165 Å². The lowest BCUT2D eigenvalue weighted by Gasteiger charge is -2.39. The number of benzene rings is 2. The van der Waals surface area contributed by atoms with Gasteiger partial charge in [-0.15, -0.1) is 9.69 Å². The molecule has 0 aliphatic carbocycles. The van der Waals surface area contributed by atoms with Crippen LogP contribution in [-0.2, 0) is 30.5 Å². The summed E-state index contributed by atoms with van der Waals surface area (Å²) in [7, 11) is 0. The van der Waals surface area contributed by atoms with E-state index < -0.39 is 36.7 Å². The number of hydrogen-bond donors (Lipinski definition) is 3. The number of halogens is 1. The molecule has 2 aromatic heterocycles. The molecule has 222 valence electrons. The van der Waals surface area contributed by atoms with Crippen molar-refractivity contribution >= 4 is 51.8 Å². The highest BCUT2D eigenvalue weighted by Gasteiger charge is 2.46. The van der Waals surface area contributed by atoms with Crippen LogP contribution in [-0.4, -0.2) is 80.9 Å². The monoisotopic (exact) mass is 590 g/mol. The number of hydrogen-bond acceptors (Lipinski definition) is 7. The molecule has 3 N–H and O–H groups in total. The molecule has 0 atom stereocenters. The van der Waals surface area contributed by atoms with Gasteiger partial charge in [0.05, 0.1) is 30.4 Å². The number of rotatable bonds is 9. The lowest BCUT2D eigenvalue weighted by molar-refractivity contribution is -0.141.